The van der Waals surface area contributed by atoms with Crippen LogP contribution in [-0.4, -0.2) is 8.42 Å². The number of benzene rings is 2. The lowest BCUT2D eigenvalue weighted by Crippen LogP contribution is -2.15. The zero-order chi connectivity index (χ0) is 15.5. The third kappa shape index (κ3) is 3.51. The highest BCUT2D eigenvalue weighted by atomic mass is 32.2. The first kappa shape index (κ1) is 14.8. The fourth-order valence-electron chi connectivity index (χ4n) is 1.85. The lowest BCUT2D eigenvalue weighted by atomic mass is 10.1. The molecule has 7 heteroatoms. The van der Waals surface area contributed by atoms with Gasteiger partial charge in [-0.05, 0) is 29.8 Å². The van der Waals surface area contributed by atoms with E-state index in [1.54, 1.807) is 24.3 Å². The average molecular weight is 302 g/mol. The Labute approximate surface area is 123 Å². The predicted octanol–water partition coefficient (Wildman–Crippen LogP) is 1.73. The van der Waals surface area contributed by atoms with Crippen LogP contribution in [0.25, 0.3) is 0 Å². The molecule has 2 aromatic carbocycles. The summed E-state index contributed by atoms with van der Waals surface area (Å²) >= 11 is 0. The molecule has 0 unspecified atom stereocenters. The van der Waals surface area contributed by atoms with Gasteiger partial charge in [-0.2, -0.15) is 5.26 Å². The van der Waals surface area contributed by atoms with Crippen LogP contribution in [0, 0.1) is 11.3 Å². The van der Waals surface area contributed by atoms with Crippen molar-refractivity contribution in [2.24, 2.45) is 5.14 Å². The van der Waals surface area contributed by atoms with Crippen molar-refractivity contribution in [3.63, 3.8) is 0 Å². The van der Waals surface area contributed by atoms with Crippen LogP contribution in [0.15, 0.2) is 47.4 Å². The highest BCUT2D eigenvalue weighted by Gasteiger charge is 2.14. The molecule has 5 N–H and O–H groups in total. The van der Waals surface area contributed by atoms with Crippen LogP contribution < -0.4 is 16.2 Å². The second-order valence-electron chi connectivity index (χ2n) is 4.42. The van der Waals surface area contributed by atoms with Gasteiger partial charge < -0.3 is 11.1 Å². The summed E-state index contributed by atoms with van der Waals surface area (Å²) in [7, 11) is -3.86. The zero-order valence-electron chi connectivity index (χ0n) is 11.1. The van der Waals surface area contributed by atoms with Gasteiger partial charge in [-0.25, -0.2) is 13.6 Å². The van der Waals surface area contributed by atoms with E-state index in [9.17, 15) is 8.42 Å². The number of nitrogens with two attached hydrogens (primary N) is 2. The van der Waals surface area contributed by atoms with E-state index in [0.717, 1.165) is 11.3 Å². The highest BCUT2D eigenvalue weighted by molar-refractivity contribution is 7.89. The second-order valence-corrected chi connectivity index (χ2v) is 5.95. The van der Waals surface area contributed by atoms with Gasteiger partial charge in [0.05, 0.1) is 23.9 Å². The number of para-hydroxylation sites is 1. The minimum Gasteiger partial charge on any atom is -0.396 e. The van der Waals surface area contributed by atoms with Gasteiger partial charge in [0.15, 0.2) is 0 Å². The van der Waals surface area contributed by atoms with Crippen LogP contribution in [0.3, 0.4) is 0 Å². The minimum atomic E-state index is -3.86. The van der Waals surface area contributed by atoms with Crippen molar-refractivity contribution < 1.29 is 8.42 Å². The first-order valence-electron chi connectivity index (χ1n) is 6.06. The Bertz CT molecular complexity index is 793. The van der Waals surface area contributed by atoms with Gasteiger partial charge in [-0.1, -0.05) is 18.2 Å². The number of anilines is 3. The summed E-state index contributed by atoms with van der Waals surface area (Å²) in [6, 6.07) is 13.8. The molecule has 0 aliphatic heterocycles. The largest absolute Gasteiger partial charge is 0.396 e. The van der Waals surface area contributed by atoms with Gasteiger partial charge in [0.2, 0.25) is 10.0 Å². The van der Waals surface area contributed by atoms with E-state index < -0.39 is 10.0 Å². The number of sulfonamides is 1. The molecule has 21 heavy (non-hydrogen) atoms. The van der Waals surface area contributed by atoms with Crippen molar-refractivity contribution in [2.75, 3.05) is 11.1 Å². The Morgan fingerprint density at radius 1 is 1.14 bits per heavy atom. The van der Waals surface area contributed by atoms with Gasteiger partial charge in [0.1, 0.15) is 4.90 Å². The maximum Gasteiger partial charge on any atom is 0.240 e. The molecule has 0 bridgehead atoms. The molecule has 108 valence electrons. The first-order valence-corrected chi connectivity index (χ1v) is 7.60. The number of nitrogens with one attached hydrogen (secondary N) is 1. The summed E-state index contributed by atoms with van der Waals surface area (Å²) in [6.45, 7) is 0. The fourth-order valence-corrected chi connectivity index (χ4v) is 2.54. The summed E-state index contributed by atoms with van der Waals surface area (Å²) in [4.78, 5) is -0.117. The van der Waals surface area contributed by atoms with Crippen LogP contribution in [-0.2, 0) is 16.4 Å². The number of primary sulfonamides is 1. The number of nitrogens with zero attached hydrogens (tertiary/aromatic N) is 1. The third-order valence-corrected chi connectivity index (χ3v) is 3.86. The summed E-state index contributed by atoms with van der Waals surface area (Å²) in [6.07, 6.45) is 0.337. The summed E-state index contributed by atoms with van der Waals surface area (Å²) < 4.78 is 22.8. The average Bonchev–Trinajstić information content (AvgIpc) is 2.42. The Balaban J connectivity index is 2.30. The molecule has 0 saturated carbocycles. The van der Waals surface area contributed by atoms with Crippen molar-refractivity contribution in [2.45, 2.75) is 11.3 Å². The molecule has 0 spiro atoms. The van der Waals surface area contributed by atoms with Crippen LogP contribution in [0.2, 0.25) is 0 Å². The number of hydrogen-bond acceptors (Lipinski definition) is 5. The van der Waals surface area contributed by atoms with Gasteiger partial charge in [-0.3, -0.25) is 0 Å². The van der Waals surface area contributed by atoms with E-state index in [0.29, 0.717) is 12.1 Å². The SMILES string of the molecule is N#CCc1ccc(Nc2cccc(S(N)(=O)=O)c2N)cc1. The maximum atomic E-state index is 11.4. The molecule has 6 nitrogen and oxygen atoms in total. The van der Waals surface area contributed by atoms with Crippen molar-refractivity contribution >= 4 is 27.1 Å². The summed E-state index contributed by atoms with van der Waals surface area (Å²) in [5.41, 5.74) is 7.98. The fraction of sp³-hybridized carbons (Fsp3) is 0.0714. The molecule has 0 aliphatic rings. The van der Waals surface area contributed by atoms with E-state index >= 15 is 0 Å². The van der Waals surface area contributed by atoms with E-state index in [1.165, 1.54) is 6.07 Å². The molecule has 0 radical (unpaired) electrons. The molecule has 0 amide bonds. The lowest BCUT2D eigenvalue weighted by Gasteiger charge is -2.12. The molecule has 2 rings (SSSR count). The van der Waals surface area contributed by atoms with Gasteiger partial charge in [0, 0.05) is 5.69 Å². The van der Waals surface area contributed by atoms with E-state index in [2.05, 4.69) is 11.4 Å². The van der Waals surface area contributed by atoms with E-state index in [4.69, 9.17) is 16.1 Å². The molecule has 0 atom stereocenters. The summed E-state index contributed by atoms with van der Waals surface area (Å²) in [5.74, 6) is 0. The lowest BCUT2D eigenvalue weighted by molar-refractivity contribution is 0.598. The molecule has 0 aromatic heterocycles. The molecule has 0 saturated heterocycles. The Morgan fingerprint density at radius 3 is 2.38 bits per heavy atom. The predicted molar refractivity (Wildman–Crippen MR) is 81.3 cm³/mol. The number of hydrogen-bond donors (Lipinski definition) is 3. The molecular weight excluding hydrogens is 288 g/mol. The van der Waals surface area contributed by atoms with Crippen LogP contribution in [0.5, 0.6) is 0 Å². The number of rotatable bonds is 4. The number of nitriles is 1. The van der Waals surface area contributed by atoms with Gasteiger partial charge in [-0.15, -0.1) is 0 Å². The van der Waals surface area contributed by atoms with Crippen molar-refractivity contribution in [3.05, 3.63) is 48.0 Å². The highest BCUT2D eigenvalue weighted by Crippen LogP contribution is 2.28. The zero-order valence-corrected chi connectivity index (χ0v) is 11.9. The standard InChI is InChI=1S/C14H14N4O2S/c15-9-8-10-4-6-11(7-5-10)18-12-2-1-3-13(14(12)16)21(17,19)20/h1-7,18H,8,16H2,(H2,17,19,20). The minimum absolute atomic E-state index is 0.0705. The molecule has 2 aromatic rings. The van der Waals surface area contributed by atoms with Crippen LogP contribution >= 0.6 is 0 Å². The monoisotopic (exact) mass is 302 g/mol. The van der Waals surface area contributed by atoms with Crippen LogP contribution in [0.1, 0.15) is 5.56 Å². The van der Waals surface area contributed by atoms with Gasteiger partial charge in [0.25, 0.3) is 0 Å². The Hall–Kier alpha value is -2.56. The Kier molecular flexibility index (Phi) is 4.12. The Morgan fingerprint density at radius 2 is 1.81 bits per heavy atom. The normalized spacial score (nSPS) is 10.9. The first-order chi connectivity index (χ1) is 9.91. The van der Waals surface area contributed by atoms with Crippen molar-refractivity contribution in [1.82, 2.24) is 0 Å². The maximum absolute atomic E-state index is 11.4. The quantitative estimate of drug-likeness (QED) is 0.742. The van der Waals surface area contributed by atoms with Crippen LogP contribution in [0.4, 0.5) is 17.1 Å². The van der Waals surface area contributed by atoms with Crippen molar-refractivity contribution in [1.29, 1.82) is 5.26 Å². The van der Waals surface area contributed by atoms with Gasteiger partial charge >= 0.3 is 0 Å². The molecule has 0 heterocycles. The van der Waals surface area contributed by atoms with Crippen molar-refractivity contribution in [3.8, 4) is 6.07 Å². The topological polar surface area (TPSA) is 122 Å². The second kappa shape index (κ2) is 5.83. The molecule has 0 aliphatic carbocycles. The molecular formula is C14H14N4O2S. The third-order valence-electron chi connectivity index (χ3n) is 2.89. The van der Waals surface area contributed by atoms with E-state index in [-0.39, 0.29) is 10.6 Å². The number of nitrogen functional groups attached to an aromatic ring is 1. The summed E-state index contributed by atoms with van der Waals surface area (Å²) in [5, 5.41) is 16.7. The smallest absolute Gasteiger partial charge is 0.240 e. The molecule has 0 fully saturated rings. The van der Waals surface area contributed by atoms with E-state index in [1.807, 2.05) is 12.1 Å².